The first-order valence-corrected chi connectivity index (χ1v) is 11.3. The van der Waals surface area contributed by atoms with E-state index in [9.17, 15) is 14.4 Å². The SMILES string of the molecule is CCCCCCCC(=O)O[C@@H]1[C@H]2[C@@H](CC1(C)C)C(=O)[C@]13O[C@H]1C(=O)[C@]1(CO1)[C@]23C. The lowest BCUT2D eigenvalue weighted by atomic mass is 9.65. The van der Waals surface area contributed by atoms with Gasteiger partial charge in [0, 0.05) is 23.7 Å². The van der Waals surface area contributed by atoms with Crippen LogP contribution < -0.4 is 0 Å². The van der Waals surface area contributed by atoms with Crippen molar-refractivity contribution in [3.05, 3.63) is 0 Å². The Morgan fingerprint density at radius 1 is 1.10 bits per heavy atom. The smallest absolute Gasteiger partial charge is 0.306 e. The number of ketones is 2. The maximum Gasteiger partial charge on any atom is 0.306 e. The van der Waals surface area contributed by atoms with Crippen molar-refractivity contribution in [1.29, 1.82) is 0 Å². The highest BCUT2D eigenvalue weighted by molar-refractivity contribution is 6.14. The molecule has 0 unspecified atom stereocenters. The fraction of sp³-hybridized carbons (Fsp3) is 0.870. The third kappa shape index (κ3) is 2.17. The molecule has 5 fully saturated rings. The molecule has 7 atom stereocenters. The molecule has 2 saturated heterocycles. The van der Waals surface area contributed by atoms with Crippen molar-refractivity contribution in [2.75, 3.05) is 6.61 Å². The van der Waals surface area contributed by atoms with Crippen LogP contribution in [0.25, 0.3) is 0 Å². The zero-order chi connectivity index (χ0) is 20.8. The maximum atomic E-state index is 13.4. The van der Waals surface area contributed by atoms with Crippen LogP contribution in [0.4, 0.5) is 0 Å². The van der Waals surface area contributed by atoms with E-state index in [0.29, 0.717) is 19.4 Å². The van der Waals surface area contributed by atoms with E-state index in [1.807, 2.05) is 6.92 Å². The normalized spacial score (nSPS) is 47.9. The molecule has 0 aromatic carbocycles. The number of Topliss-reactive ketones (excluding diaryl/α,β-unsaturated/α-hetero) is 2. The van der Waals surface area contributed by atoms with E-state index in [2.05, 4.69) is 20.8 Å². The van der Waals surface area contributed by atoms with Crippen LogP contribution in [-0.2, 0) is 28.6 Å². The summed E-state index contributed by atoms with van der Waals surface area (Å²) < 4.78 is 17.6. The molecule has 2 heterocycles. The summed E-state index contributed by atoms with van der Waals surface area (Å²) in [5.41, 5.74) is -3.03. The molecule has 0 N–H and O–H groups in total. The van der Waals surface area contributed by atoms with Gasteiger partial charge in [-0.05, 0) is 12.8 Å². The van der Waals surface area contributed by atoms with E-state index in [-0.39, 0.29) is 34.8 Å². The van der Waals surface area contributed by atoms with Crippen molar-refractivity contribution in [2.24, 2.45) is 22.7 Å². The quantitative estimate of drug-likeness (QED) is 0.368. The van der Waals surface area contributed by atoms with Gasteiger partial charge in [-0.2, -0.15) is 0 Å². The summed E-state index contributed by atoms with van der Waals surface area (Å²) in [6, 6.07) is 0. The topological polar surface area (TPSA) is 85.5 Å². The Balaban J connectivity index is 1.38. The highest BCUT2D eigenvalue weighted by atomic mass is 16.7. The van der Waals surface area contributed by atoms with Gasteiger partial charge in [-0.1, -0.05) is 53.4 Å². The Kier molecular flexibility index (Phi) is 4.01. The van der Waals surface area contributed by atoms with Crippen LogP contribution in [-0.4, -0.2) is 47.6 Å². The molecule has 5 rings (SSSR count). The number of epoxide rings is 2. The molecule has 2 spiro atoms. The molecule has 0 aromatic heterocycles. The predicted molar refractivity (Wildman–Crippen MR) is 103 cm³/mol. The number of carbonyl (C=O) groups excluding carboxylic acids is 3. The molecular formula is C23H32O6. The Hall–Kier alpha value is -1.27. The lowest BCUT2D eigenvalue weighted by molar-refractivity contribution is -0.163. The van der Waals surface area contributed by atoms with Crippen LogP contribution >= 0.6 is 0 Å². The van der Waals surface area contributed by atoms with Crippen LogP contribution in [0.1, 0.15) is 72.6 Å². The lowest BCUT2D eigenvalue weighted by Gasteiger charge is -2.40. The standard InChI is InChI=1S/C23H32O6/c1-5-6-7-8-9-10-14(24)28-18-15-13(11-20(18,2)3)16(25)23-19(29-23)17(26)22(12-27-22)21(15,23)4/h13,15,18-19H,5-12H2,1-4H3/t13-,15-,18-,19+,21+,22-,23+/m1/s1. The summed E-state index contributed by atoms with van der Waals surface area (Å²) in [5.74, 6) is -0.718. The zero-order valence-electron chi connectivity index (χ0n) is 17.9. The van der Waals surface area contributed by atoms with Crippen LogP contribution in [0.2, 0.25) is 0 Å². The van der Waals surface area contributed by atoms with E-state index in [0.717, 1.165) is 19.3 Å². The molecule has 6 heteroatoms. The third-order valence-corrected chi connectivity index (χ3v) is 8.68. The van der Waals surface area contributed by atoms with Crippen LogP contribution in [0, 0.1) is 22.7 Å². The highest BCUT2D eigenvalue weighted by Crippen LogP contribution is 2.79. The van der Waals surface area contributed by atoms with Gasteiger partial charge in [-0.3, -0.25) is 14.4 Å². The number of hydrogen-bond donors (Lipinski definition) is 0. The summed E-state index contributed by atoms with van der Waals surface area (Å²) >= 11 is 0. The number of ether oxygens (including phenoxy) is 3. The van der Waals surface area contributed by atoms with Gasteiger partial charge in [-0.25, -0.2) is 0 Å². The number of rotatable bonds is 7. The number of unbranched alkanes of at least 4 members (excludes halogenated alkanes) is 4. The van der Waals surface area contributed by atoms with Crippen molar-refractivity contribution >= 4 is 17.5 Å². The summed E-state index contributed by atoms with van der Waals surface area (Å²) in [4.78, 5) is 39.0. The molecule has 3 aliphatic carbocycles. The third-order valence-electron chi connectivity index (χ3n) is 8.68. The van der Waals surface area contributed by atoms with E-state index >= 15 is 0 Å². The predicted octanol–water partition coefficient (Wildman–Crippen LogP) is 3.00. The van der Waals surface area contributed by atoms with Gasteiger partial charge in [0.1, 0.15) is 6.10 Å². The van der Waals surface area contributed by atoms with Crippen LogP contribution in [0.5, 0.6) is 0 Å². The fourth-order valence-corrected chi connectivity index (χ4v) is 7.08. The zero-order valence-corrected chi connectivity index (χ0v) is 17.9. The second kappa shape index (κ2) is 5.91. The molecule has 0 radical (unpaired) electrons. The second-order valence-electron chi connectivity index (χ2n) is 10.7. The number of carbonyl (C=O) groups is 3. The molecule has 0 amide bonds. The van der Waals surface area contributed by atoms with Crippen molar-refractivity contribution in [2.45, 2.75) is 96.1 Å². The van der Waals surface area contributed by atoms with Crippen molar-refractivity contribution in [3.8, 4) is 0 Å². The van der Waals surface area contributed by atoms with E-state index in [1.54, 1.807) is 0 Å². The molecule has 29 heavy (non-hydrogen) atoms. The number of fused-ring (bicyclic) bond motifs is 3. The maximum absolute atomic E-state index is 13.4. The van der Waals surface area contributed by atoms with Gasteiger partial charge in [0.25, 0.3) is 0 Å². The minimum atomic E-state index is -1.04. The van der Waals surface area contributed by atoms with E-state index < -0.39 is 28.8 Å². The molecule has 2 aliphatic heterocycles. The number of hydrogen-bond acceptors (Lipinski definition) is 6. The Morgan fingerprint density at radius 3 is 2.45 bits per heavy atom. The van der Waals surface area contributed by atoms with Gasteiger partial charge in [0.2, 0.25) is 0 Å². The van der Waals surface area contributed by atoms with Gasteiger partial charge >= 0.3 is 5.97 Å². The van der Waals surface area contributed by atoms with E-state index in [4.69, 9.17) is 14.2 Å². The Bertz CT molecular complexity index is 782. The average Bonchev–Trinajstić information content (AvgIpc) is 3.55. The molecule has 160 valence electrons. The molecule has 0 bridgehead atoms. The highest BCUT2D eigenvalue weighted by Gasteiger charge is 2.98. The Labute approximate surface area is 172 Å². The van der Waals surface area contributed by atoms with Gasteiger partial charge in [-0.15, -0.1) is 0 Å². The molecule has 0 aromatic rings. The minimum absolute atomic E-state index is 0.0296. The lowest BCUT2D eigenvalue weighted by Crippen LogP contribution is -2.53. The summed E-state index contributed by atoms with van der Waals surface area (Å²) in [6.07, 6.45) is 5.36. The summed E-state index contributed by atoms with van der Waals surface area (Å²) in [6.45, 7) is 8.62. The van der Waals surface area contributed by atoms with Gasteiger partial charge in [0.15, 0.2) is 28.9 Å². The largest absolute Gasteiger partial charge is 0.461 e. The Morgan fingerprint density at radius 2 is 1.79 bits per heavy atom. The molecular weight excluding hydrogens is 372 g/mol. The number of esters is 1. The summed E-state index contributed by atoms with van der Waals surface area (Å²) in [5, 5.41) is 0. The first kappa shape index (κ1) is 19.7. The minimum Gasteiger partial charge on any atom is -0.461 e. The van der Waals surface area contributed by atoms with Crippen molar-refractivity contribution in [1.82, 2.24) is 0 Å². The van der Waals surface area contributed by atoms with Gasteiger partial charge in [0.05, 0.1) is 12.0 Å². The first-order chi connectivity index (χ1) is 13.7. The first-order valence-electron chi connectivity index (χ1n) is 11.3. The second-order valence-corrected chi connectivity index (χ2v) is 10.7. The molecule has 3 saturated carbocycles. The van der Waals surface area contributed by atoms with Crippen molar-refractivity contribution < 1.29 is 28.6 Å². The monoisotopic (exact) mass is 404 g/mol. The van der Waals surface area contributed by atoms with Crippen LogP contribution in [0.3, 0.4) is 0 Å². The fourth-order valence-electron chi connectivity index (χ4n) is 7.08. The summed E-state index contributed by atoms with van der Waals surface area (Å²) in [7, 11) is 0. The average molecular weight is 405 g/mol. The van der Waals surface area contributed by atoms with Crippen molar-refractivity contribution in [3.63, 3.8) is 0 Å². The molecule has 5 aliphatic rings. The molecule has 6 nitrogen and oxygen atoms in total. The van der Waals surface area contributed by atoms with Crippen LogP contribution in [0.15, 0.2) is 0 Å². The van der Waals surface area contributed by atoms with Gasteiger partial charge < -0.3 is 14.2 Å². The van der Waals surface area contributed by atoms with E-state index in [1.165, 1.54) is 12.8 Å².